The molecule has 0 aliphatic rings. The van der Waals surface area contributed by atoms with Crippen molar-refractivity contribution in [3.63, 3.8) is 0 Å². The molecule has 0 bridgehead atoms. The van der Waals surface area contributed by atoms with Crippen molar-refractivity contribution in [1.29, 1.82) is 0 Å². The summed E-state index contributed by atoms with van der Waals surface area (Å²) in [6.45, 7) is 2.79. The van der Waals surface area contributed by atoms with Crippen LogP contribution in [0.3, 0.4) is 0 Å². The number of benzene rings is 1. The third kappa shape index (κ3) is 6.49. The maximum absolute atomic E-state index is 12.2. The van der Waals surface area contributed by atoms with E-state index in [2.05, 4.69) is 10.0 Å². The van der Waals surface area contributed by atoms with Crippen molar-refractivity contribution in [2.75, 3.05) is 13.6 Å². The van der Waals surface area contributed by atoms with Crippen molar-refractivity contribution >= 4 is 16.1 Å². The number of sulfonamides is 1. The highest BCUT2D eigenvalue weighted by Crippen LogP contribution is 2.12. The molecule has 1 aromatic rings. The summed E-state index contributed by atoms with van der Waals surface area (Å²) in [7, 11) is -2.37. The third-order valence-corrected chi connectivity index (χ3v) is 4.46. The minimum atomic E-state index is -3.63. The van der Waals surface area contributed by atoms with Crippen LogP contribution in [0.5, 0.6) is 0 Å². The first-order valence-corrected chi connectivity index (χ1v) is 8.48. The second kappa shape index (κ2) is 8.21. The summed E-state index contributed by atoms with van der Waals surface area (Å²) in [5.74, 6) is 0. The molecule has 0 aliphatic carbocycles. The number of nitrogens with one attached hydrogen (secondary N) is 2. The number of hydrogen-bond donors (Lipinski definition) is 2. The summed E-state index contributed by atoms with van der Waals surface area (Å²) in [4.78, 5) is 12.6. The van der Waals surface area contributed by atoms with E-state index in [-0.39, 0.29) is 17.5 Å². The molecule has 0 saturated heterocycles. The maximum Gasteiger partial charge on any atom is 0.317 e. The molecule has 9 heteroatoms. The Labute approximate surface area is 134 Å². The zero-order valence-electron chi connectivity index (χ0n) is 13.2. The smallest absolute Gasteiger partial charge is 0.317 e. The van der Waals surface area contributed by atoms with Crippen molar-refractivity contribution in [2.24, 2.45) is 0 Å². The van der Waals surface area contributed by atoms with E-state index >= 15 is 0 Å². The normalized spacial score (nSPS) is 11.8. The van der Waals surface area contributed by atoms with Gasteiger partial charge in [0.05, 0.1) is 11.4 Å². The topological polar surface area (TPSA) is 78.5 Å². The standard InChI is InChI=1S/C14H21F2N3O3S/c1-10(2)18-23(21,22)12-6-4-5-11(7-12)8-17-14(20)19(3)9-13(15)16/h4-7,10,13,18H,8-9H2,1-3H3,(H,17,20). The molecule has 0 atom stereocenters. The number of nitrogens with zero attached hydrogens (tertiary/aromatic N) is 1. The summed E-state index contributed by atoms with van der Waals surface area (Å²) in [5.41, 5.74) is 0.551. The number of amides is 2. The predicted octanol–water partition coefficient (Wildman–Crippen LogP) is 1.78. The first-order valence-electron chi connectivity index (χ1n) is 7.00. The van der Waals surface area contributed by atoms with Crippen LogP contribution in [0.1, 0.15) is 19.4 Å². The molecule has 0 heterocycles. The second-order valence-electron chi connectivity index (χ2n) is 5.35. The fraction of sp³-hybridized carbons (Fsp3) is 0.500. The Morgan fingerprint density at radius 2 is 1.96 bits per heavy atom. The molecule has 0 aliphatic heterocycles. The van der Waals surface area contributed by atoms with Gasteiger partial charge in [-0.25, -0.2) is 26.7 Å². The lowest BCUT2D eigenvalue weighted by Crippen LogP contribution is -2.39. The van der Waals surface area contributed by atoms with Crippen molar-refractivity contribution in [2.45, 2.75) is 37.8 Å². The maximum atomic E-state index is 12.2. The first-order chi connectivity index (χ1) is 10.6. The van der Waals surface area contributed by atoms with Crippen LogP contribution < -0.4 is 10.0 Å². The molecular weight excluding hydrogens is 328 g/mol. The zero-order chi connectivity index (χ0) is 17.6. The molecule has 0 saturated carbocycles. The lowest BCUT2D eigenvalue weighted by atomic mass is 10.2. The highest BCUT2D eigenvalue weighted by molar-refractivity contribution is 7.89. The van der Waals surface area contributed by atoms with Gasteiger partial charge in [-0.05, 0) is 31.5 Å². The number of carbonyl (C=O) groups is 1. The lowest BCUT2D eigenvalue weighted by molar-refractivity contribution is 0.108. The third-order valence-electron chi connectivity index (χ3n) is 2.80. The molecule has 6 nitrogen and oxygen atoms in total. The van der Waals surface area contributed by atoms with Crippen LogP contribution in [0.25, 0.3) is 0 Å². The Morgan fingerprint density at radius 1 is 1.30 bits per heavy atom. The van der Waals surface area contributed by atoms with Gasteiger partial charge in [-0.1, -0.05) is 12.1 Å². The highest BCUT2D eigenvalue weighted by atomic mass is 32.2. The van der Waals surface area contributed by atoms with E-state index < -0.39 is 29.0 Å². The molecule has 0 radical (unpaired) electrons. The number of rotatable bonds is 7. The van der Waals surface area contributed by atoms with Gasteiger partial charge in [0.2, 0.25) is 10.0 Å². The monoisotopic (exact) mass is 349 g/mol. The average Bonchev–Trinajstić information content (AvgIpc) is 2.43. The van der Waals surface area contributed by atoms with Gasteiger partial charge >= 0.3 is 6.03 Å². The highest BCUT2D eigenvalue weighted by Gasteiger charge is 2.16. The van der Waals surface area contributed by atoms with Gasteiger partial charge in [-0.15, -0.1) is 0 Å². The molecule has 0 fully saturated rings. The predicted molar refractivity (Wildman–Crippen MR) is 82.8 cm³/mol. The largest absolute Gasteiger partial charge is 0.334 e. The molecule has 1 rings (SSSR count). The minimum Gasteiger partial charge on any atom is -0.334 e. The van der Waals surface area contributed by atoms with Crippen molar-refractivity contribution < 1.29 is 22.0 Å². The summed E-state index contributed by atoms with van der Waals surface area (Å²) in [6.07, 6.45) is -2.61. The van der Waals surface area contributed by atoms with Gasteiger partial charge in [0.15, 0.2) is 0 Å². The van der Waals surface area contributed by atoms with Crippen LogP contribution in [-0.4, -0.2) is 45.4 Å². The Morgan fingerprint density at radius 3 is 2.52 bits per heavy atom. The number of urea groups is 1. The molecular formula is C14H21F2N3O3S. The van der Waals surface area contributed by atoms with Gasteiger partial charge in [0.1, 0.15) is 0 Å². The first kappa shape index (κ1) is 19.3. The Kier molecular flexibility index (Phi) is 6.89. The minimum absolute atomic E-state index is 0.0391. The SMILES string of the molecule is CC(C)NS(=O)(=O)c1cccc(CNC(=O)N(C)CC(F)F)c1. The Balaban J connectivity index is 2.73. The zero-order valence-corrected chi connectivity index (χ0v) is 14.0. The molecule has 1 aromatic carbocycles. The number of halogens is 2. The lowest BCUT2D eigenvalue weighted by Gasteiger charge is -2.17. The molecule has 130 valence electrons. The van der Waals surface area contributed by atoms with Crippen LogP contribution in [0.2, 0.25) is 0 Å². The van der Waals surface area contributed by atoms with E-state index in [0.717, 1.165) is 4.90 Å². The number of alkyl halides is 2. The van der Waals surface area contributed by atoms with Crippen LogP contribution in [0, 0.1) is 0 Å². The average molecular weight is 349 g/mol. The van der Waals surface area contributed by atoms with Crippen molar-refractivity contribution in [1.82, 2.24) is 14.9 Å². The van der Waals surface area contributed by atoms with Gasteiger partial charge < -0.3 is 10.2 Å². The molecule has 23 heavy (non-hydrogen) atoms. The van der Waals surface area contributed by atoms with E-state index in [4.69, 9.17) is 0 Å². The quantitative estimate of drug-likeness (QED) is 0.788. The number of hydrogen-bond acceptors (Lipinski definition) is 3. The van der Waals surface area contributed by atoms with Crippen molar-refractivity contribution in [3.05, 3.63) is 29.8 Å². The second-order valence-corrected chi connectivity index (χ2v) is 7.07. The Hall–Kier alpha value is -1.74. The van der Waals surface area contributed by atoms with E-state index in [1.54, 1.807) is 26.0 Å². The summed E-state index contributed by atoms with van der Waals surface area (Å²) in [6, 6.07) is 5.17. The van der Waals surface area contributed by atoms with Gasteiger partial charge in [0.25, 0.3) is 6.43 Å². The van der Waals surface area contributed by atoms with Crippen LogP contribution >= 0.6 is 0 Å². The molecule has 0 spiro atoms. The summed E-state index contributed by atoms with van der Waals surface area (Å²) < 4.78 is 51.0. The van der Waals surface area contributed by atoms with E-state index in [0.29, 0.717) is 5.56 Å². The number of carbonyl (C=O) groups excluding carboxylic acids is 1. The molecule has 0 unspecified atom stereocenters. The summed E-state index contributed by atoms with van der Waals surface area (Å²) >= 11 is 0. The van der Waals surface area contributed by atoms with Crippen LogP contribution in [-0.2, 0) is 16.6 Å². The van der Waals surface area contributed by atoms with Gasteiger partial charge in [-0.3, -0.25) is 0 Å². The van der Waals surface area contributed by atoms with E-state index in [1.807, 2.05) is 0 Å². The van der Waals surface area contributed by atoms with Crippen LogP contribution in [0.15, 0.2) is 29.2 Å². The van der Waals surface area contributed by atoms with Crippen LogP contribution in [0.4, 0.5) is 13.6 Å². The van der Waals surface area contributed by atoms with Crippen molar-refractivity contribution in [3.8, 4) is 0 Å². The van der Waals surface area contributed by atoms with E-state index in [9.17, 15) is 22.0 Å². The fourth-order valence-corrected chi connectivity index (χ4v) is 3.12. The Bertz CT molecular complexity index is 636. The van der Waals surface area contributed by atoms with E-state index in [1.165, 1.54) is 19.2 Å². The summed E-state index contributed by atoms with van der Waals surface area (Å²) in [5, 5.41) is 2.46. The molecule has 2 N–H and O–H groups in total. The fourth-order valence-electron chi connectivity index (χ4n) is 1.80. The van der Waals surface area contributed by atoms with Gasteiger partial charge in [0, 0.05) is 19.6 Å². The molecule has 0 aromatic heterocycles. The molecule has 2 amide bonds. The van der Waals surface area contributed by atoms with Gasteiger partial charge in [-0.2, -0.15) is 0 Å².